The molecule has 0 unspecified atom stereocenters. The number of halogens is 1. The summed E-state index contributed by atoms with van der Waals surface area (Å²) < 4.78 is 1.45. The molecule has 1 fully saturated rings. The van der Waals surface area contributed by atoms with Crippen molar-refractivity contribution in [1.82, 2.24) is 14.9 Å². The molecular weight excluding hydrogens is 340 g/mol. The maximum absolute atomic E-state index is 12.4. The van der Waals surface area contributed by atoms with E-state index in [2.05, 4.69) is 15.2 Å². The Bertz CT molecular complexity index is 811. The van der Waals surface area contributed by atoms with Gasteiger partial charge in [-0.05, 0) is 37.5 Å². The molecule has 1 amide bonds. The Hall–Kier alpha value is -2.34. The first kappa shape index (κ1) is 17.5. The average molecular weight is 361 g/mol. The third-order valence-electron chi connectivity index (χ3n) is 4.21. The number of nitrogens with one attached hydrogen (secondary N) is 1. The van der Waals surface area contributed by atoms with Crippen LogP contribution < -0.4 is 15.8 Å². The summed E-state index contributed by atoms with van der Waals surface area (Å²) in [6, 6.07) is 8.74. The second-order valence-electron chi connectivity index (χ2n) is 6.22. The van der Waals surface area contributed by atoms with Crippen LogP contribution in [-0.2, 0) is 17.9 Å². The molecule has 1 aliphatic rings. The highest BCUT2D eigenvalue weighted by Crippen LogP contribution is 2.17. The third-order valence-corrected chi connectivity index (χ3v) is 4.46. The van der Waals surface area contributed by atoms with E-state index in [-0.39, 0.29) is 18.0 Å². The summed E-state index contributed by atoms with van der Waals surface area (Å²) in [6.45, 7) is 3.88. The molecule has 0 spiro atoms. The lowest BCUT2D eigenvalue weighted by molar-refractivity contribution is -0.121. The lowest BCUT2D eigenvalue weighted by Gasteiger charge is -2.21. The van der Waals surface area contributed by atoms with Crippen LogP contribution in [0.25, 0.3) is 0 Å². The van der Waals surface area contributed by atoms with Crippen LogP contribution in [0.5, 0.6) is 0 Å². The number of aryl methyl sites for hydroxylation is 1. The van der Waals surface area contributed by atoms with E-state index in [0.717, 1.165) is 31.5 Å². The quantitative estimate of drug-likeness (QED) is 0.887. The van der Waals surface area contributed by atoms with E-state index in [9.17, 15) is 9.59 Å². The zero-order chi connectivity index (χ0) is 17.8. The Morgan fingerprint density at radius 3 is 2.60 bits per heavy atom. The van der Waals surface area contributed by atoms with E-state index in [4.69, 9.17) is 11.6 Å². The minimum absolute atomic E-state index is 0.0362. The molecule has 0 atom stereocenters. The van der Waals surface area contributed by atoms with Crippen molar-refractivity contribution < 1.29 is 4.79 Å². The Morgan fingerprint density at radius 1 is 1.24 bits per heavy atom. The predicted octanol–water partition coefficient (Wildman–Crippen LogP) is 2.12. The molecule has 1 saturated heterocycles. The number of anilines is 1. The van der Waals surface area contributed by atoms with Crippen LogP contribution in [0.1, 0.15) is 24.1 Å². The van der Waals surface area contributed by atoms with Crippen molar-refractivity contribution in [3.8, 4) is 0 Å². The Kier molecular flexibility index (Phi) is 5.38. The van der Waals surface area contributed by atoms with Crippen molar-refractivity contribution in [3.63, 3.8) is 0 Å². The van der Waals surface area contributed by atoms with E-state index in [0.29, 0.717) is 23.2 Å². The summed E-state index contributed by atoms with van der Waals surface area (Å²) >= 11 is 5.85. The summed E-state index contributed by atoms with van der Waals surface area (Å²) in [5, 5.41) is 3.49. The van der Waals surface area contributed by atoms with E-state index in [1.54, 1.807) is 19.1 Å². The van der Waals surface area contributed by atoms with Crippen LogP contribution in [0.15, 0.2) is 35.1 Å². The van der Waals surface area contributed by atoms with Gasteiger partial charge in [0.1, 0.15) is 6.54 Å². The summed E-state index contributed by atoms with van der Waals surface area (Å²) in [6.07, 6.45) is 2.15. The molecule has 132 valence electrons. The molecule has 1 aliphatic heterocycles. The Labute approximate surface area is 151 Å². The summed E-state index contributed by atoms with van der Waals surface area (Å²) in [7, 11) is 0. The summed E-state index contributed by atoms with van der Waals surface area (Å²) in [4.78, 5) is 31.2. The van der Waals surface area contributed by atoms with Gasteiger partial charge in [-0.2, -0.15) is 0 Å². The topological polar surface area (TPSA) is 67.2 Å². The van der Waals surface area contributed by atoms with Gasteiger partial charge in [0.2, 0.25) is 11.9 Å². The van der Waals surface area contributed by atoms with Crippen molar-refractivity contribution in [2.75, 3.05) is 18.0 Å². The van der Waals surface area contributed by atoms with Gasteiger partial charge in [0, 0.05) is 36.4 Å². The number of benzene rings is 1. The lowest BCUT2D eigenvalue weighted by Crippen LogP contribution is -2.36. The van der Waals surface area contributed by atoms with Crippen molar-refractivity contribution in [3.05, 3.63) is 57.0 Å². The van der Waals surface area contributed by atoms with Gasteiger partial charge in [0.25, 0.3) is 5.56 Å². The first-order valence-corrected chi connectivity index (χ1v) is 8.75. The minimum atomic E-state index is -0.219. The SMILES string of the molecule is Cc1cc(=O)n(CC(=O)NCc2ccc(Cl)cc2)c(N2CCCC2)n1. The van der Waals surface area contributed by atoms with Crippen molar-refractivity contribution >= 4 is 23.5 Å². The molecule has 25 heavy (non-hydrogen) atoms. The second kappa shape index (κ2) is 7.70. The van der Waals surface area contributed by atoms with Crippen LogP contribution in [0.2, 0.25) is 5.02 Å². The molecule has 2 aromatic rings. The van der Waals surface area contributed by atoms with Crippen LogP contribution >= 0.6 is 11.6 Å². The van der Waals surface area contributed by atoms with E-state index in [1.807, 2.05) is 12.1 Å². The molecule has 0 bridgehead atoms. The molecule has 7 heteroatoms. The third kappa shape index (κ3) is 4.39. The summed E-state index contributed by atoms with van der Waals surface area (Å²) in [5.41, 5.74) is 1.42. The number of aromatic nitrogens is 2. The molecule has 2 heterocycles. The van der Waals surface area contributed by atoms with Gasteiger partial charge in [-0.15, -0.1) is 0 Å². The molecule has 3 rings (SSSR count). The molecule has 0 radical (unpaired) electrons. The van der Waals surface area contributed by atoms with Gasteiger partial charge in [-0.3, -0.25) is 14.2 Å². The molecule has 0 saturated carbocycles. The molecular formula is C18H21ClN4O2. The molecule has 0 aliphatic carbocycles. The van der Waals surface area contributed by atoms with Crippen LogP contribution in [0, 0.1) is 6.92 Å². The van der Waals surface area contributed by atoms with Crippen LogP contribution in [-0.4, -0.2) is 28.5 Å². The average Bonchev–Trinajstić information content (AvgIpc) is 3.11. The van der Waals surface area contributed by atoms with Gasteiger partial charge < -0.3 is 10.2 Å². The van der Waals surface area contributed by atoms with Gasteiger partial charge in [-0.25, -0.2) is 4.98 Å². The molecule has 1 aromatic heterocycles. The molecule has 1 N–H and O–H groups in total. The Morgan fingerprint density at radius 2 is 1.92 bits per heavy atom. The van der Waals surface area contributed by atoms with Crippen LogP contribution in [0.4, 0.5) is 5.95 Å². The highest BCUT2D eigenvalue weighted by molar-refractivity contribution is 6.30. The van der Waals surface area contributed by atoms with Crippen molar-refractivity contribution in [2.45, 2.75) is 32.9 Å². The maximum Gasteiger partial charge on any atom is 0.255 e. The Balaban J connectivity index is 1.72. The van der Waals surface area contributed by atoms with E-state index < -0.39 is 0 Å². The van der Waals surface area contributed by atoms with Crippen LogP contribution in [0.3, 0.4) is 0 Å². The fraction of sp³-hybridized carbons (Fsp3) is 0.389. The second-order valence-corrected chi connectivity index (χ2v) is 6.66. The number of rotatable bonds is 5. The van der Waals surface area contributed by atoms with Gasteiger partial charge in [-0.1, -0.05) is 23.7 Å². The van der Waals surface area contributed by atoms with E-state index in [1.165, 1.54) is 10.6 Å². The van der Waals surface area contributed by atoms with Gasteiger partial charge >= 0.3 is 0 Å². The first-order valence-electron chi connectivity index (χ1n) is 8.37. The first-order chi connectivity index (χ1) is 12.0. The zero-order valence-corrected chi connectivity index (χ0v) is 14.9. The number of nitrogens with zero attached hydrogens (tertiary/aromatic N) is 3. The lowest BCUT2D eigenvalue weighted by atomic mass is 10.2. The van der Waals surface area contributed by atoms with Gasteiger partial charge in [0.15, 0.2) is 0 Å². The highest BCUT2D eigenvalue weighted by Gasteiger charge is 2.20. The number of carbonyl (C=O) groups is 1. The van der Waals surface area contributed by atoms with E-state index >= 15 is 0 Å². The monoisotopic (exact) mass is 360 g/mol. The molecule has 1 aromatic carbocycles. The zero-order valence-electron chi connectivity index (χ0n) is 14.2. The number of amides is 1. The summed E-state index contributed by atoms with van der Waals surface area (Å²) in [5.74, 6) is 0.368. The number of hydrogen-bond acceptors (Lipinski definition) is 4. The fourth-order valence-corrected chi connectivity index (χ4v) is 3.04. The predicted molar refractivity (Wildman–Crippen MR) is 98.0 cm³/mol. The van der Waals surface area contributed by atoms with Crippen molar-refractivity contribution in [2.24, 2.45) is 0 Å². The van der Waals surface area contributed by atoms with Crippen molar-refractivity contribution in [1.29, 1.82) is 0 Å². The van der Waals surface area contributed by atoms with Gasteiger partial charge in [0.05, 0.1) is 0 Å². The number of hydrogen-bond donors (Lipinski definition) is 1. The standard InChI is InChI=1S/C18H21ClN4O2/c1-13-10-17(25)23(18(21-13)22-8-2-3-9-22)12-16(24)20-11-14-4-6-15(19)7-5-14/h4-7,10H,2-3,8-9,11-12H2,1H3,(H,20,24). The number of carbonyl (C=O) groups excluding carboxylic acids is 1. The normalized spacial score (nSPS) is 13.9. The molecule has 6 nitrogen and oxygen atoms in total. The fourth-order valence-electron chi connectivity index (χ4n) is 2.92. The highest BCUT2D eigenvalue weighted by atomic mass is 35.5. The smallest absolute Gasteiger partial charge is 0.255 e. The minimum Gasteiger partial charge on any atom is -0.350 e. The maximum atomic E-state index is 12.4. The largest absolute Gasteiger partial charge is 0.350 e.